The lowest BCUT2D eigenvalue weighted by Gasteiger charge is -2.12. The minimum absolute atomic E-state index is 0.0279. The lowest BCUT2D eigenvalue weighted by atomic mass is 10.0. The van der Waals surface area contributed by atoms with E-state index in [0.29, 0.717) is 36.2 Å². The first kappa shape index (κ1) is 21.1. The van der Waals surface area contributed by atoms with Crippen LogP contribution in [0.25, 0.3) is 16.8 Å². The maximum Gasteiger partial charge on any atom is 0.319 e. The van der Waals surface area contributed by atoms with Gasteiger partial charge in [-0.05, 0) is 55.5 Å². The number of hydrogen-bond acceptors (Lipinski definition) is 5. The summed E-state index contributed by atoms with van der Waals surface area (Å²) in [5, 5.41) is 13.2. The second-order valence-electron chi connectivity index (χ2n) is 8.54. The second kappa shape index (κ2) is 9.03. The molecule has 2 aromatic heterocycles. The molecule has 3 aromatic rings. The molecule has 5 rings (SSSR count). The Labute approximate surface area is 191 Å². The van der Waals surface area contributed by atoms with Crippen molar-refractivity contribution in [1.29, 1.82) is 0 Å². The summed E-state index contributed by atoms with van der Waals surface area (Å²) in [6, 6.07) is 7.56. The number of aromatic nitrogens is 3. The Hall–Kier alpha value is -3.72. The van der Waals surface area contributed by atoms with Gasteiger partial charge in [0.15, 0.2) is 0 Å². The van der Waals surface area contributed by atoms with Gasteiger partial charge in [0.1, 0.15) is 0 Å². The number of nitrogens with one attached hydrogen (secondary N) is 3. The molecule has 1 atom stereocenters. The van der Waals surface area contributed by atoms with E-state index < -0.39 is 0 Å². The van der Waals surface area contributed by atoms with Gasteiger partial charge in [-0.3, -0.25) is 9.78 Å². The Morgan fingerprint density at radius 2 is 1.94 bits per heavy atom. The summed E-state index contributed by atoms with van der Waals surface area (Å²) < 4.78 is 6.98. The van der Waals surface area contributed by atoms with Crippen LogP contribution in [0.1, 0.15) is 35.2 Å². The third kappa shape index (κ3) is 5.04. The monoisotopic (exact) mass is 446 g/mol. The van der Waals surface area contributed by atoms with E-state index in [-0.39, 0.29) is 18.0 Å². The average molecular weight is 447 g/mol. The Kier molecular flexibility index (Phi) is 5.78. The van der Waals surface area contributed by atoms with Gasteiger partial charge >= 0.3 is 6.03 Å². The van der Waals surface area contributed by atoms with Crippen molar-refractivity contribution in [3.8, 4) is 16.8 Å². The molecule has 1 saturated heterocycles. The first-order valence-corrected chi connectivity index (χ1v) is 11.1. The topological polar surface area (TPSA) is 110 Å². The number of rotatable bonds is 6. The second-order valence-corrected chi connectivity index (χ2v) is 8.54. The molecular formula is C24H26N6O3. The Balaban J connectivity index is 1.32. The van der Waals surface area contributed by atoms with E-state index in [1.165, 1.54) is 0 Å². The van der Waals surface area contributed by atoms with Crippen LogP contribution in [0.3, 0.4) is 0 Å². The first-order chi connectivity index (χ1) is 16.0. The van der Waals surface area contributed by atoms with Crippen LogP contribution in [0.5, 0.6) is 0 Å². The van der Waals surface area contributed by atoms with Gasteiger partial charge < -0.3 is 20.7 Å². The van der Waals surface area contributed by atoms with Crippen molar-refractivity contribution >= 4 is 17.6 Å². The third-order valence-electron chi connectivity index (χ3n) is 5.82. The van der Waals surface area contributed by atoms with Crippen molar-refractivity contribution in [3.05, 3.63) is 60.2 Å². The van der Waals surface area contributed by atoms with Gasteiger partial charge in [0.05, 0.1) is 42.6 Å². The molecular weight excluding hydrogens is 420 g/mol. The van der Waals surface area contributed by atoms with Gasteiger partial charge in [0.2, 0.25) is 0 Å². The number of carbonyl (C=O) groups is 2. The molecule has 0 spiro atoms. The van der Waals surface area contributed by atoms with Crippen molar-refractivity contribution in [3.63, 3.8) is 0 Å². The van der Waals surface area contributed by atoms with Gasteiger partial charge in [0.25, 0.3) is 5.91 Å². The molecule has 1 saturated carbocycles. The maximum atomic E-state index is 12.5. The Morgan fingerprint density at radius 3 is 2.73 bits per heavy atom. The summed E-state index contributed by atoms with van der Waals surface area (Å²) in [5.41, 5.74) is 4.82. The molecule has 3 N–H and O–H groups in total. The van der Waals surface area contributed by atoms with E-state index in [0.717, 1.165) is 36.0 Å². The summed E-state index contributed by atoms with van der Waals surface area (Å²) in [7, 11) is 0. The van der Waals surface area contributed by atoms with Gasteiger partial charge in [-0.15, -0.1) is 0 Å². The smallest absolute Gasteiger partial charge is 0.319 e. The molecule has 0 bridgehead atoms. The van der Waals surface area contributed by atoms with Crippen molar-refractivity contribution in [1.82, 2.24) is 25.4 Å². The van der Waals surface area contributed by atoms with Gasteiger partial charge in [-0.1, -0.05) is 6.07 Å². The molecule has 3 amide bonds. The largest absolute Gasteiger partial charge is 0.379 e. The highest BCUT2D eigenvalue weighted by molar-refractivity contribution is 5.96. The molecule has 2 aliphatic rings. The summed E-state index contributed by atoms with van der Waals surface area (Å²) in [6.45, 7) is 3.21. The number of pyridine rings is 1. The Morgan fingerprint density at radius 1 is 1.06 bits per heavy atom. The molecule has 0 radical (unpaired) electrons. The van der Waals surface area contributed by atoms with E-state index in [1.54, 1.807) is 29.3 Å². The predicted molar refractivity (Wildman–Crippen MR) is 123 cm³/mol. The number of hydrogen-bond donors (Lipinski definition) is 3. The number of nitrogens with zero attached hydrogens (tertiary/aromatic N) is 3. The fourth-order valence-electron chi connectivity index (χ4n) is 3.80. The van der Waals surface area contributed by atoms with Gasteiger partial charge in [0, 0.05) is 30.0 Å². The van der Waals surface area contributed by atoms with E-state index in [1.807, 2.05) is 31.3 Å². The summed E-state index contributed by atoms with van der Waals surface area (Å²) >= 11 is 0. The molecule has 170 valence electrons. The number of amides is 3. The number of ether oxygens (including phenoxy) is 1. The molecule has 1 aromatic carbocycles. The number of anilines is 1. The number of urea groups is 1. The molecule has 33 heavy (non-hydrogen) atoms. The SMILES string of the molecule is Cc1ccc(C(=O)NC2CC2)cc1-c1cnn(-c2cncc(NC(=O)NC3CCOC3)c2)c1. The van der Waals surface area contributed by atoms with Crippen LogP contribution in [0, 0.1) is 6.92 Å². The molecule has 9 heteroatoms. The van der Waals surface area contributed by atoms with Crippen LogP contribution in [-0.4, -0.2) is 52.0 Å². The maximum absolute atomic E-state index is 12.5. The van der Waals surface area contributed by atoms with Crippen LogP contribution in [-0.2, 0) is 4.74 Å². The van der Waals surface area contributed by atoms with Crippen LogP contribution >= 0.6 is 0 Å². The molecule has 1 aliphatic heterocycles. The summed E-state index contributed by atoms with van der Waals surface area (Å²) in [6.07, 6.45) is 9.83. The summed E-state index contributed by atoms with van der Waals surface area (Å²) in [4.78, 5) is 28.9. The minimum Gasteiger partial charge on any atom is -0.379 e. The fourth-order valence-corrected chi connectivity index (χ4v) is 3.80. The highest BCUT2D eigenvalue weighted by atomic mass is 16.5. The molecule has 9 nitrogen and oxygen atoms in total. The highest BCUT2D eigenvalue weighted by Gasteiger charge is 2.24. The predicted octanol–water partition coefficient (Wildman–Crippen LogP) is 3.05. The van der Waals surface area contributed by atoms with Gasteiger partial charge in [-0.25, -0.2) is 9.48 Å². The Bertz CT molecular complexity index is 1180. The number of benzene rings is 1. The number of carbonyl (C=O) groups excluding carboxylic acids is 2. The molecule has 1 unspecified atom stereocenters. The van der Waals surface area contributed by atoms with Crippen molar-refractivity contribution in [2.45, 2.75) is 38.3 Å². The summed E-state index contributed by atoms with van der Waals surface area (Å²) in [5.74, 6) is -0.0449. The minimum atomic E-state index is -0.289. The first-order valence-electron chi connectivity index (χ1n) is 11.1. The normalized spacial score (nSPS) is 17.5. The van der Waals surface area contributed by atoms with Crippen LogP contribution < -0.4 is 16.0 Å². The number of aryl methyl sites for hydroxylation is 1. The standard InChI is InChI=1S/C24H26N6O3/c1-15-2-3-16(23(31)27-18-4-5-18)8-22(15)17-10-26-30(13-17)21-9-20(11-25-12-21)29-24(32)28-19-6-7-33-14-19/h2-3,8-13,18-19H,4-7,14H2,1H3,(H,27,31)(H2,28,29,32). The third-order valence-corrected chi connectivity index (χ3v) is 5.82. The van der Waals surface area contributed by atoms with Crippen molar-refractivity contribution < 1.29 is 14.3 Å². The van der Waals surface area contributed by atoms with E-state index in [2.05, 4.69) is 26.0 Å². The fraction of sp³-hybridized carbons (Fsp3) is 0.333. The quantitative estimate of drug-likeness (QED) is 0.539. The zero-order valence-electron chi connectivity index (χ0n) is 18.4. The van der Waals surface area contributed by atoms with E-state index >= 15 is 0 Å². The average Bonchev–Trinajstić information content (AvgIpc) is 3.24. The van der Waals surface area contributed by atoms with Crippen molar-refractivity contribution in [2.75, 3.05) is 18.5 Å². The molecule has 3 heterocycles. The van der Waals surface area contributed by atoms with Crippen LogP contribution in [0.15, 0.2) is 49.1 Å². The van der Waals surface area contributed by atoms with Crippen LogP contribution in [0.2, 0.25) is 0 Å². The lowest BCUT2D eigenvalue weighted by Crippen LogP contribution is -2.38. The molecule has 1 aliphatic carbocycles. The highest BCUT2D eigenvalue weighted by Crippen LogP contribution is 2.26. The van der Waals surface area contributed by atoms with E-state index in [9.17, 15) is 9.59 Å². The molecule has 2 fully saturated rings. The van der Waals surface area contributed by atoms with Crippen LogP contribution in [0.4, 0.5) is 10.5 Å². The van der Waals surface area contributed by atoms with Gasteiger partial charge in [-0.2, -0.15) is 5.10 Å². The van der Waals surface area contributed by atoms with Crippen molar-refractivity contribution in [2.24, 2.45) is 0 Å². The zero-order valence-corrected chi connectivity index (χ0v) is 18.4. The van der Waals surface area contributed by atoms with E-state index in [4.69, 9.17) is 4.74 Å². The zero-order chi connectivity index (χ0) is 22.8. The lowest BCUT2D eigenvalue weighted by molar-refractivity contribution is 0.0951.